The van der Waals surface area contributed by atoms with E-state index < -0.39 is 0 Å². The van der Waals surface area contributed by atoms with E-state index in [-0.39, 0.29) is 0 Å². The Morgan fingerprint density at radius 2 is 1.95 bits per heavy atom. The van der Waals surface area contributed by atoms with Crippen LogP contribution in [0.1, 0.15) is 5.82 Å². The molecule has 2 heterocycles. The maximum absolute atomic E-state index is 6.08. The second-order valence-corrected chi connectivity index (χ2v) is 4.34. The minimum absolute atomic E-state index is 0.497. The number of rotatable bonds is 4. The van der Waals surface area contributed by atoms with Crippen molar-refractivity contribution in [1.29, 1.82) is 0 Å². The number of ether oxygens (including phenoxy) is 1. The van der Waals surface area contributed by atoms with Crippen LogP contribution < -0.4 is 4.74 Å². The van der Waals surface area contributed by atoms with E-state index in [1.54, 1.807) is 16.8 Å². The molecule has 1 aromatic carbocycles. The fraction of sp³-hybridized carbons (Fsp3) is 0.154. The molecule has 0 amide bonds. The first-order chi connectivity index (χ1) is 9.34. The number of aromatic nitrogens is 4. The second kappa shape index (κ2) is 5.24. The summed E-state index contributed by atoms with van der Waals surface area (Å²) in [4.78, 5) is 3.97. The molecule has 3 rings (SSSR count). The van der Waals surface area contributed by atoms with E-state index >= 15 is 0 Å². The zero-order valence-electron chi connectivity index (χ0n) is 10.0. The van der Waals surface area contributed by atoms with Gasteiger partial charge in [0.1, 0.15) is 16.7 Å². The standard InChI is InChI=1S/C13H11ClN4O/c14-11-8-15-9-13-17-16-12(18(11)13)6-7-19-10-4-2-1-3-5-10/h1-5,8-9H,6-7H2. The van der Waals surface area contributed by atoms with Crippen LogP contribution in [-0.4, -0.2) is 26.2 Å². The molecule has 0 N–H and O–H groups in total. The van der Waals surface area contributed by atoms with Gasteiger partial charge in [-0.3, -0.25) is 9.38 Å². The molecule has 0 spiro atoms. The molecule has 0 aliphatic heterocycles. The Kier molecular flexibility index (Phi) is 3.29. The van der Waals surface area contributed by atoms with E-state index in [9.17, 15) is 0 Å². The van der Waals surface area contributed by atoms with Crippen molar-refractivity contribution in [2.75, 3.05) is 6.61 Å². The molecule has 3 aromatic rings. The van der Waals surface area contributed by atoms with Crippen molar-refractivity contribution in [3.05, 3.63) is 53.7 Å². The Hall–Kier alpha value is -2.14. The van der Waals surface area contributed by atoms with Gasteiger partial charge in [0, 0.05) is 6.42 Å². The third-order valence-electron chi connectivity index (χ3n) is 2.68. The van der Waals surface area contributed by atoms with Gasteiger partial charge in [-0.05, 0) is 12.1 Å². The van der Waals surface area contributed by atoms with Gasteiger partial charge in [0.05, 0.1) is 19.0 Å². The summed E-state index contributed by atoms with van der Waals surface area (Å²) in [6.45, 7) is 0.517. The zero-order valence-corrected chi connectivity index (χ0v) is 10.8. The lowest BCUT2D eigenvalue weighted by Crippen LogP contribution is -2.05. The molecule has 0 atom stereocenters. The fourth-order valence-electron chi connectivity index (χ4n) is 1.81. The summed E-state index contributed by atoms with van der Waals surface area (Å²) in [6.07, 6.45) is 3.82. The molecule has 0 unspecified atom stereocenters. The smallest absolute Gasteiger partial charge is 0.180 e. The maximum atomic E-state index is 6.08. The molecule has 19 heavy (non-hydrogen) atoms. The molecule has 0 radical (unpaired) electrons. The Balaban J connectivity index is 1.72. The quantitative estimate of drug-likeness (QED) is 0.733. The van der Waals surface area contributed by atoms with Crippen LogP contribution in [0.4, 0.5) is 0 Å². The predicted octanol–water partition coefficient (Wildman–Crippen LogP) is 2.40. The summed E-state index contributed by atoms with van der Waals surface area (Å²) < 4.78 is 7.40. The summed E-state index contributed by atoms with van der Waals surface area (Å²) in [5, 5.41) is 8.61. The van der Waals surface area contributed by atoms with Crippen molar-refractivity contribution in [1.82, 2.24) is 19.6 Å². The van der Waals surface area contributed by atoms with Gasteiger partial charge in [-0.2, -0.15) is 0 Å². The van der Waals surface area contributed by atoms with E-state index in [1.165, 1.54) is 0 Å². The number of para-hydroxylation sites is 1. The number of hydrogen-bond donors (Lipinski definition) is 0. The molecule has 0 bridgehead atoms. The highest BCUT2D eigenvalue weighted by molar-refractivity contribution is 6.29. The van der Waals surface area contributed by atoms with Crippen LogP contribution in [0.25, 0.3) is 5.65 Å². The van der Waals surface area contributed by atoms with Crippen LogP contribution in [0.3, 0.4) is 0 Å². The van der Waals surface area contributed by atoms with Crippen LogP contribution in [-0.2, 0) is 6.42 Å². The van der Waals surface area contributed by atoms with Crippen molar-refractivity contribution in [2.45, 2.75) is 6.42 Å². The van der Waals surface area contributed by atoms with Gasteiger partial charge in [-0.25, -0.2) is 0 Å². The summed E-state index contributed by atoms with van der Waals surface area (Å²) in [7, 11) is 0. The number of benzene rings is 1. The molecule has 0 saturated heterocycles. The Labute approximate surface area is 114 Å². The normalized spacial score (nSPS) is 10.8. The topological polar surface area (TPSA) is 52.3 Å². The van der Waals surface area contributed by atoms with Crippen molar-refractivity contribution < 1.29 is 4.74 Å². The Morgan fingerprint density at radius 1 is 1.11 bits per heavy atom. The molecule has 6 heteroatoms. The highest BCUT2D eigenvalue weighted by atomic mass is 35.5. The van der Waals surface area contributed by atoms with E-state index in [2.05, 4.69) is 15.2 Å². The van der Waals surface area contributed by atoms with Gasteiger partial charge in [-0.1, -0.05) is 29.8 Å². The van der Waals surface area contributed by atoms with Crippen molar-refractivity contribution >= 4 is 17.2 Å². The van der Waals surface area contributed by atoms with Crippen LogP contribution in [0.5, 0.6) is 5.75 Å². The Morgan fingerprint density at radius 3 is 2.79 bits per heavy atom. The molecule has 0 aliphatic carbocycles. The molecular formula is C13H11ClN4O. The summed E-state index contributed by atoms with van der Waals surface area (Å²) in [5.74, 6) is 1.60. The third kappa shape index (κ3) is 2.51. The van der Waals surface area contributed by atoms with Crippen molar-refractivity contribution in [3.63, 3.8) is 0 Å². The Bertz CT molecular complexity index is 683. The van der Waals surface area contributed by atoms with E-state index in [4.69, 9.17) is 16.3 Å². The molecular weight excluding hydrogens is 264 g/mol. The molecule has 2 aromatic heterocycles. The lowest BCUT2D eigenvalue weighted by atomic mass is 10.3. The number of nitrogens with zero attached hydrogens (tertiary/aromatic N) is 4. The minimum atomic E-state index is 0.497. The first kappa shape index (κ1) is 11.9. The second-order valence-electron chi connectivity index (χ2n) is 3.95. The van der Waals surface area contributed by atoms with Gasteiger partial charge >= 0.3 is 0 Å². The van der Waals surface area contributed by atoms with Gasteiger partial charge in [0.25, 0.3) is 0 Å². The van der Waals surface area contributed by atoms with Gasteiger partial charge in [-0.15, -0.1) is 10.2 Å². The first-order valence-corrected chi connectivity index (χ1v) is 6.24. The van der Waals surface area contributed by atoms with Gasteiger partial charge in [0.2, 0.25) is 0 Å². The largest absolute Gasteiger partial charge is 0.493 e. The molecule has 96 valence electrons. The lowest BCUT2D eigenvalue weighted by Gasteiger charge is -2.05. The van der Waals surface area contributed by atoms with Crippen LogP contribution in [0.2, 0.25) is 5.15 Å². The van der Waals surface area contributed by atoms with Crippen LogP contribution in [0, 0.1) is 0 Å². The third-order valence-corrected chi connectivity index (χ3v) is 2.94. The zero-order chi connectivity index (χ0) is 13.1. The highest BCUT2D eigenvalue weighted by Gasteiger charge is 2.08. The average molecular weight is 275 g/mol. The number of fused-ring (bicyclic) bond motifs is 1. The average Bonchev–Trinajstić information content (AvgIpc) is 2.85. The van der Waals surface area contributed by atoms with E-state index in [0.29, 0.717) is 23.8 Å². The summed E-state index contributed by atoms with van der Waals surface area (Å²) >= 11 is 6.08. The number of hydrogen-bond acceptors (Lipinski definition) is 4. The highest BCUT2D eigenvalue weighted by Crippen LogP contribution is 2.13. The monoisotopic (exact) mass is 274 g/mol. The number of halogens is 1. The molecule has 0 saturated carbocycles. The summed E-state index contributed by atoms with van der Waals surface area (Å²) in [6, 6.07) is 9.65. The van der Waals surface area contributed by atoms with E-state index in [1.807, 2.05) is 30.3 Å². The van der Waals surface area contributed by atoms with Crippen LogP contribution >= 0.6 is 11.6 Å². The van der Waals surface area contributed by atoms with Crippen molar-refractivity contribution in [3.8, 4) is 5.75 Å². The van der Waals surface area contributed by atoms with E-state index in [0.717, 1.165) is 11.6 Å². The van der Waals surface area contributed by atoms with Gasteiger partial charge < -0.3 is 4.74 Å². The van der Waals surface area contributed by atoms with Crippen molar-refractivity contribution in [2.24, 2.45) is 0 Å². The van der Waals surface area contributed by atoms with Gasteiger partial charge in [0.15, 0.2) is 5.65 Å². The van der Waals surface area contributed by atoms with Crippen LogP contribution in [0.15, 0.2) is 42.7 Å². The lowest BCUT2D eigenvalue weighted by molar-refractivity contribution is 0.318. The molecule has 5 nitrogen and oxygen atoms in total. The predicted molar refractivity (Wildman–Crippen MR) is 71.4 cm³/mol. The summed E-state index contributed by atoms with van der Waals surface area (Å²) in [5.41, 5.74) is 0.641. The molecule has 0 fully saturated rings. The molecule has 0 aliphatic rings. The fourth-order valence-corrected chi connectivity index (χ4v) is 2.05. The maximum Gasteiger partial charge on any atom is 0.180 e. The SMILES string of the molecule is Clc1cncc2nnc(CCOc3ccccc3)n12. The minimum Gasteiger partial charge on any atom is -0.493 e. The first-order valence-electron chi connectivity index (χ1n) is 5.86.